The van der Waals surface area contributed by atoms with Gasteiger partial charge in [-0.2, -0.15) is 0 Å². The van der Waals surface area contributed by atoms with Crippen molar-refractivity contribution in [3.63, 3.8) is 0 Å². The highest BCUT2D eigenvalue weighted by molar-refractivity contribution is 6.04. The molecular weight excluding hydrogens is 480 g/mol. The number of carbonyl (C=O) groups excluding carboxylic acids is 2. The van der Waals surface area contributed by atoms with Crippen LogP contribution >= 0.6 is 0 Å². The maximum absolute atomic E-state index is 13.6. The third-order valence-electron chi connectivity index (χ3n) is 10.5. The van der Waals surface area contributed by atoms with E-state index in [1.165, 1.54) is 0 Å². The van der Waals surface area contributed by atoms with Crippen molar-refractivity contribution in [2.45, 2.75) is 68.2 Å². The van der Waals surface area contributed by atoms with Crippen LogP contribution in [0, 0.1) is 29.1 Å². The Morgan fingerprint density at radius 1 is 1.16 bits per heavy atom. The molecule has 4 aliphatic carbocycles. The van der Waals surface area contributed by atoms with Crippen LogP contribution in [-0.4, -0.2) is 85.1 Å². The van der Waals surface area contributed by atoms with Crippen molar-refractivity contribution in [3.8, 4) is 0 Å². The summed E-state index contributed by atoms with van der Waals surface area (Å²) in [6.45, 7) is 3.95. The highest BCUT2D eigenvalue weighted by Gasteiger charge is 2.91. The number of hydrogen-bond acceptors (Lipinski definition) is 9. The molecule has 3 saturated carbocycles. The zero-order valence-electron chi connectivity index (χ0n) is 21.1. The van der Waals surface area contributed by atoms with Gasteiger partial charge in [0.05, 0.1) is 37.8 Å². The number of fused-ring (bicyclic) bond motifs is 7. The summed E-state index contributed by atoms with van der Waals surface area (Å²) in [4.78, 5) is 27.0. The lowest BCUT2D eigenvalue weighted by Gasteiger charge is -2.54. The Kier molecular flexibility index (Phi) is 5.09. The summed E-state index contributed by atoms with van der Waals surface area (Å²) in [5, 5.41) is 56.0. The summed E-state index contributed by atoms with van der Waals surface area (Å²) in [5.74, 6) is -4.73. The smallest absolute Gasteiger partial charge is 0.310 e. The second-order valence-electron chi connectivity index (χ2n) is 12.1. The molecule has 9 nitrogen and oxygen atoms in total. The largest absolute Gasteiger partial charge is 0.457 e. The zero-order valence-corrected chi connectivity index (χ0v) is 21.1. The van der Waals surface area contributed by atoms with Crippen molar-refractivity contribution in [1.82, 2.24) is 0 Å². The normalized spacial score (nSPS) is 51.1. The van der Waals surface area contributed by atoms with Gasteiger partial charge < -0.3 is 35.0 Å². The molecule has 0 spiro atoms. The van der Waals surface area contributed by atoms with Gasteiger partial charge in [-0.15, -0.1) is 0 Å². The molecule has 200 valence electrons. The monoisotopic (exact) mass is 514 g/mol. The Hall–Kier alpha value is -2.14. The number of ether oxygens (including phenoxy) is 2. The molecule has 0 radical (unpaired) electrons. The molecular formula is C28H34O9. The standard InChI is InChI=1S/C28H34O9/c1-14-9-17-26(34,21(14)32)11-25(13-30)23(37-25)19-20-24(3,12-29)28(20,35)22(33)15(2)27(17,19)36-18(31)10-16-7-5-4-6-8-16/h4-9,15,17,19-20,22-23,29-30,33-35H,10-13H2,1-3H3/t15?,17-,19-,20+,22-,23?,24?,25?,26-,27+,28-/m1/s1. The fourth-order valence-corrected chi connectivity index (χ4v) is 8.50. The van der Waals surface area contributed by atoms with Gasteiger partial charge in [0.1, 0.15) is 22.4 Å². The highest BCUT2D eigenvalue weighted by Crippen LogP contribution is 2.78. The third kappa shape index (κ3) is 2.80. The number of epoxide rings is 1. The number of rotatable bonds is 5. The molecule has 4 fully saturated rings. The van der Waals surface area contributed by atoms with Crippen LogP contribution in [0.5, 0.6) is 0 Å². The van der Waals surface area contributed by atoms with E-state index in [4.69, 9.17) is 9.47 Å². The quantitative estimate of drug-likeness (QED) is 0.268. The average Bonchev–Trinajstić information content (AvgIpc) is 3.69. The number of esters is 1. The molecule has 4 unspecified atom stereocenters. The molecule has 1 aromatic carbocycles. The summed E-state index contributed by atoms with van der Waals surface area (Å²) < 4.78 is 12.4. The third-order valence-corrected chi connectivity index (χ3v) is 10.5. The van der Waals surface area contributed by atoms with Crippen LogP contribution in [-0.2, 0) is 25.5 Å². The minimum atomic E-state index is -2.04. The lowest BCUT2D eigenvalue weighted by atomic mass is 9.58. The van der Waals surface area contributed by atoms with Crippen molar-refractivity contribution in [2.75, 3.05) is 13.2 Å². The van der Waals surface area contributed by atoms with E-state index in [1.807, 2.05) is 6.07 Å². The molecule has 37 heavy (non-hydrogen) atoms. The van der Waals surface area contributed by atoms with Crippen LogP contribution in [0.25, 0.3) is 0 Å². The Balaban J connectivity index is 1.55. The molecule has 6 rings (SSSR count). The second kappa shape index (κ2) is 7.49. The summed E-state index contributed by atoms with van der Waals surface area (Å²) in [6, 6.07) is 8.99. The molecule has 9 heteroatoms. The first-order valence-corrected chi connectivity index (χ1v) is 12.9. The van der Waals surface area contributed by atoms with Crippen molar-refractivity contribution >= 4 is 11.8 Å². The van der Waals surface area contributed by atoms with E-state index in [9.17, 15) is 35.1 Å². The molecule has 1 aliphatic heterocycles. The molecule has 5 N–H and O–H groups in total. The van der Waals surface area contributed by atoms with E-state index in [0.29, 0.717) is 11.1 Å². The van der Waals surface area contributed by atoms with Crippen LogP contribution in [0.3, 0.4) is 0 Å². The lowest BCUT2D eigenvalue weighted by molar-refractivity contribution is -0.240. The fourth-order valence-electron chi connectivity index (χ4n) is 8.50. The summed E-state index contributed by atoms with van der Waals surface area (Å²) in [5.41, 5.74) is -6.82. The van der Waals surface area contributed by atoms with Crippen LogP contribution in [0.15, 0.2) is 42.0 Å². The van der Waals surface area contributed by atoms with Crippen molar-refractivity contribution in [3.05, 3.63) is 47.5 Å². The maximum atomic E-state index is 13.6. The highest BCUT2D eigenvalue weighted by atomic mass is 16.6. The number of carbonyl (C=O) groups is 2. The molecule has 11 atom stereocenters. The fraction of sp³-hybridized carbons (Fsp3) is 0.643. The van der Waals surface area contributed by atoms with Gasteiger partial charge in [-0.3, -0.25) is 9.59 Å². The van der Waals surface area contributed by atoms with Gasteiger partial charge in [-0.1, -0.05) is 50.3 Å². The average molecular weight is 515 g/mol. The topological polar surface area (TPSA) is 157 Å². The van der Waals surface area contributed by atoms with E-state index in [0.717, 1.165) is 0 Å². The molecule has 1 saturated heterocycles. The molecule has 0 aromatic heterocycles. The first-order chi connectivity index (χ1) is 17.4. The molecule has 0 bridgehead atoms. The second-order valence-corrected chi connectivity index (χ2v) is 12.1. The van der Waals surface area contributed by atoms with Crippen LogP contribution in [0.4, 0.5) is 0 Å². The number of Topliss-reactive ketones (excluding diaryl/α,β-unsaturated/α-hetero) is 1. The Bertz CT molecular complexity index is 1200. The Morgan fingerprint density at radius 2 is 1.84 bits per heavy atom. The number of aliphatic hydroxyl groups excluding tert-OH is 3. The predicted octanol–water partition coefficient (Wildman–Crippen LogP) is -0.0927. The number of hydrogen-bond donors (Lipinski definition) is 5. The van der Waals surface area contributed by atoms with Crippen LogP contribution in [0.2, 0.25) is 0 Å². The lowest BCUT2D eigenvalue weighted by Crippen LogP contribution is -2.68. The van der Waals surface area contributed by atoms with Crippen molar-refractivity contribution in [2.24, 2.45) is 29.1 Å². The van der Waals surface area contributed by atoms with Crippen LogP contribution < -0.4 is 0 Å². The van der Waals surface area contributed by atoms with Gasteiger partial charge in [0.25, 0.3) is 0 Å². The molecule has 0 amide bonds. The zero-order chi connectivity index (χ0) is 26.8. The van der Waals surface area contributed by atoms with Gasteiger partial charge in [-0.25, -0.2) is 0 Å². The maximum Gasteiger partial charge on any atom is 0.310 e. The molecule has 5 aliphatic rings. The van der Waals surface area contributed by atoms with Gasteiger partial charge in [0.15, 0.2) is 5.78 Å². The number of ketones is 1. The van der Waals surface area contributed by atoms with E-state index in [2.05, 4.69) is 0 Å². The van der Waals surface area contributed by atoms with E-state index in [1.54, 1.807) is 51.1 Å². The number of aliphatic hydroxyl groups is 5. The van der Waals surface area contributed by atoms with E-state index >= 15 is 0 Å². The number of benzene rings is 1. The molecule has 1 heterocycles. The summed E-state index contributed by atoms with van der Waals surface area (Å²) >= 11 is 0. The van der Waals surface area contributed by atoms with Gasteiger partial charge >= 0.3 is 5.97 Å². The van der Waals surface area contributed by atoms with Crippen molar-refractivity contribution in [1.29, 1.82) is 0 Å². The van der Waals surface area contributed by atoms with Gasteiger partial charge in [0.2, 0.25) is 0 Å². The van der Waals surface area contributed by atoms with Crippen molar-refractivity contribution < 1.29 is 44.6 Å². The van der Waals surface area contributed by atoms with E-state index in [-0.39, 0.29) is 12.8 Å². The van der Waals surface area contributed by atoms with Gasteiger partial charge in [-0.05, 0) is 18.1 Å². The minimum absolute atomic E-state index is 0.0806. The van der Waals surface area contributed by atoms with E-state index < -0.39 is 88.7 Å². The van der Waals surface area contributed by atoms with Gasteiger partial charge in [0, 0.05) is 29.6 Å². The Labute approximate surface area is 214 Å². The Morgan fingerprint density at radius 3 is 2.46 bits per heavy atom. The summed E-state index contributed by atoms with van der Waals surface area (Å²) in [6.07, 6.45) is -0.880. The first kappa shape index (κ1) is 25.2. The summed E-state index contributed by atoms with van der Waals surface area (Å²) in [7, 11) is 0. The minimum Gasteiger partial charge on any atom is -0.457 e. The predicted molar refractivity (Wildman–Crippen MR) is 128 cm³/mol. The SMILES string of the molecule is CC1=C[C@H]2[C@@]3(OC(=O)Cc4ccccc4)C(C)[C@@H](O)[C@]4(O)[C@@H]([C@@H]3C3OC3(CO)C[C@]2(O)C1=O)C4(C)CO. The first-order valence-electron chi connectivity index (χ1n) is 12.9. The van der Waals surface area contributed by atoms with Crippen LogP contribution in [0.1, 0.15) is 32.8 Å². The molecule has 1 aromatic rings.